The first-order valence-corrected chi connectivity index (χ1v) is 6.43. The molecule has 0 N–H and O–H groups in total. The fraction of sp³-hybridized carbons (Fsp3) is 0.286. The highest BCUT2D eigenvalue weighted by Gasteiger charge is 2.08. The molecule has 0 saturated carbocycles. The molecule has 0 spiro atoms. The van der Waals surface area contributed by atoms with E-state index < -0.39 is 5.82 Å². The predicted octanol–water partition coefficient (Wildman–Crippen LogP) is 4.32. The lowest BCUT2D eigenvalue weighted by molar-refractivity contribution is 0.424. The van der Waals surface area contributed by atoms with Crippen molar-refractivity contribution in [1.29, 1.82) is 0 Å². The van der Waals surface area contributed by atoms with Crippen LogP contribution in [0, 0.1) is 12.7 Å². The Hall–Kier alpha value is -1.68. The molecule has 0 radical (unpaired) electrons. The summed E-state index contributed by atoms with van der Waals surface area (Å²) in [5, 5.41) is 0.293. The summed E-state index contributed by atoms with van der Waals surface area (Å²) in [5.74, 6) is 0.556. The molecule has 1 aromatic heterocycles. The van der Waals surface area contributed by atoms with Gasteiger partial charge in [-0.25, -0.2) is 9.37 Å². The smallest absolute Gasteiger partial charge is 0.224 e. The van der Waals surface area contributed by atoms with Crippen molar-refractivity contribution in [3.05, 3.63) is 46.6 Å². The van der Waals surface area contributed by atoms with Crippen LogP contribution in [0.25, 0.3) is 0 Å². The summed E-state index contributed by atoms with van der Waals surface area (Å²) in [6.45, 7) is 3.88. The summed E-state index contributed by atoms with van der Waals surface area (Å²) in [4.78, 5) is 8.29. The Labute approximate surface area is 116 Å². The van der Waals surface area contributed by atoms with E-state index in [-0.39, 0.29) is 11.6 Å². The van der Waals surface area contributed by atoms with E-state index >= 15 is 0 Å². The van der Waals surface area contributed by atoms with Crippen LogP contribution in [0.2, 0.25) is 5.15 Å². The highest BCUT2D eigenvalue weighted by Crippen LogP contribution is 2.25. The van der Waals surface area contributed by atoms with Gasteiger partial charge in [0, 0.05) is 12.5 Å². The predicted molar refractivity (Wildman–Crippen MR) is 72.2 cm³/mol. The van der Waals surface area contributed by atoms with E-state index in [1.165, 1.54) is 12.1 Å². The highest BCUT2D eigenvalue weighted by molar-refractivity contribution is 6.29. The van der Waals surface area contributed by atoms with Gasteiger partial charge in [0.2, 0.25) is 5.88 Å². The second-order valence-corrected chi connectivity index (χ2v) is 4.62. The SMILES string of the molecule is CCCc1nc(Cl)cc(Oc2cc(C)ccc2F)n1. The van der Waals surface area contributed by atoms with Gasteiger partial charge in [-0.05, 0) is 31.0 Å². The maximum Gasteiger partial charge on any atom is 0.224 e. The summed E-state index contributed by atoms with van der Waals surface area (Å²) in [7, 11) is 0. The van der Waals surface area contributed by atoms with Gasteiger partial charge < -0.3 is 4.74 Å². The molecule has 0 atom stereocenters. The Morgan fingerprint density at radius 2 is 2.05 bits per heavy atom. The molecule has 0 unspecified atom stereocenters. The average Bonchev–Trinajstić information content (AvgIpc) is 2.33. The van der Waals surface area contributed by atoms with Gasteiger partial charge in [0.05, 0.1) is 0 Å². The fourth-order valence-corrected chi connectivity index (χ4v) is 1.82. The van der Waals surface area contributed by atoms with E-state index in [0.717, 1.165) is 12.0 Å². The monoisotopic (exact) mass is 280 g/mol. The van der Waals surface area contributed by atoms with Gasteiger partial charge in [-0.15, -0.1) is 0 Å². The summed E-state index contributed by atoms with van der Waals surface area (Å²) in [6, 6.07) is 6.13. The minimum absolute atomic E-state index is 0.136. The number of nitrogens with zero attached hydrogens (tertiary/aromatic N) is 2. The Morgan fingerprint density at radius 3 is 2.79 bits per heavy atom. The highest BCUT2D eigenvalue weighted by atomic mass is 35.5. The second kappa shape index (κ2) is 5.97. The van der Waals surface area contributed by atoms with Crippen molar-refractivity contribution < 1.29 is 9.13 Å². The Bertz CT molecular complexity index is 590. The molecule has 5 heteroatoms. The van der Waals surface area contributed by atoms with Crippen LogP contribution in [0.1, 0.15) is 24.7 Å². The van der Waals surface area contributed by atoms with E-state index in [2.05, 4.69) is 9.97 Å². The number of aromatic nitrogens is 2. The molecule has 100 valence electrons. The standard InChI is InChI=1S/C14H14ClFN2O/c1-3-4-13-17-12(15)8-14(18-13)19-11-7-9(2)5-6-10(11)16/h5-8H,3-4H2,1-2H3. The molecule has 2 rings (SSSR count). The van der Waals surface area contributed by atoms with Crippen LogP contribution < -0.4 is 4.74 Å². The lowest BCUT2D eigenvalue weighted by atomic mass is 10.2. The summed E-state index contributed by atoms with van der Waals surface area (Å²) in [6.07, 6.45) is 1.60. The molecule has 0 saturated heterocycles. The van der Waals surface area contributed by atoms with E-state index in [0.29, 0.717) is 17.4 Å². The molecule has 0 bridgehead atoms. The first-order valence-electron chi connectivity index (χ1n) is 6.06. The van der Waals surface area contributed by atoms with Crippen LogP contribution in [0.3, 0.4) is 0 Å². The number of aryl methyl sites for hydroxylation is 2. The van der Waals surface area contributed by atoms with Gasteiger partial charge in [-0.2, -0.15) is 4.98 Å². The van der Waals surface area contributed by atoms with E-state index in [9.17, 15) is 4.39 Å². The van der Waals surface area contributed by atoms with Crippen molar-refractivity contribution in [1.82, 2.24) is 9.97 Å². The van der Waals surface area contributed by atoms with Crippen LogP contribution in [-0.4, -0.2) is 9.97 Å². The molecule has 0 aliphatic carbocycles. The largest absolute Gasteiger partial charge is 0.436 e. The lowest BCUT2D eigenvalue weighted by Gasteiger charge is -2.08. The molecule has 0 aliphatic heterocycles. The Morgan fingerprint density at radius 1 is 1.26 bits per heavy atom. The fourth-order valence-electron chi connectivity index (χ4n) is 1.63. The minimum atomic E-state index is -0.433. The summed E-state index contributed by atoms with van der Waals surface area (Å²) < 4.78 is 19.1. The minimum Gasteiger partial charge on any atom is -0.436 e. The maximum absolute atomic E-state index is 13.6. The van der Waals surface area contributed by atoms with Crippen LogP contribution >= 0.6 is 11.6 Å². The summed E-state index contributed by atoms with van der Waals surface area (Å²) in [5.41, 5.74) is 0.908. The first kappa shape index (κ1) is 13.7. The van der Waals surface area contributed by atoms with Crippen LogP contribution in [0.15, 0.2) is 24.3 Å². The average molecular weight is 281 g/mol. The van der Waals surface area contributed by atoms with Gasteiger partial charge in [-0.1, -0.05) is 24.6 Å². The Kier molecular flexibility index (Phi) is 4.32. The van der Waals surface area contributed by atoms with Crippen molar-refractivity contribution in [3.63, 3.8) is 0 Å². The van der Waals surface area contributed by atoms with Crippen molar-refractivity contribution in [2.24, 2.45) is 0 Å². The number of halogens is 2. The van der Waals surface area contributed by atoms with E-state index in [1.54, 1.807) is 12.1 Å². The van der Waals surface area contributed by atoms with Gasteiger partial charge in [0.15, 0.2) is 11.6 Å². The maximum atomic E-state index is 13.6. The molecular weight excluding hydrogens is 267 g/mol. The molecule has 0 amide bonds. The number of benzene rings is 1. The molecule has 3 nitrogen and oxygen atoms in total. The molecule has 1 aromatic carbocycles. The van der Waals surface area contributed by atoms with Crippen molar-refractivity contribution in [3.8, 4) is 11.6 Å². The normalized spacial score (nSPS) is 10.5. The number of hydrogen-bond donors (Lipinski definition) is 0. The third kappa shape index (κ3) is 3.64. The topological polar surface area (TPSA) is 35.0 Å². The molecule has 19 heavy (non-hydrogen) atoms. The third-order valence-corrected chi connectivity index (χ3v) is 2.69. The van der Waals surface area contributed by atoms with E-state index in [4.69, 9.17) is 16.3 Å². The van der Waals surface area contributed by atoms with Gasteiger partial charge in [0.1, 0.15) is 11.0 Å². The quantitative estimate of drug-likeness (QED) is 0.782. The Balaban J connectivity index is 2.29. The number of hydrogen-bond acceptors (Lipinski definition) is 3. The van der Waals surface area contributed by atoms with Crippen molar-refractivity contribution in [2.75, 3.05) is 0 Å². The van der Waals surface area contributed by atoms with Gasteiger partial charge in [-0.3, -0.25) is 0 Å². The molecule has 0 aliphatic rings. The van der Waals surface area contributed by atoms with Crippen LogP contribution in [0.5, 0.6) is 11.6 Å². The van der Waals surface area contributed by atoms with E-state index in [1.807, 2.05) is 13.8 Å². The number of rotatable bonds is 4. The van der Waals surface area contributed by atoms with Crippen LogP contribution in [-0.2, 0) is 6.42 Å². The van der Waals surface area contributed by atoms with Gasteiger partial charge >= 0.3 is 0 Å². The third-order valence-electron chi connectivity index (χ3n) is 2.49. The zero-order valence-electron chi connectivity index (χ0n) is 10.8. The zero-order chi connectivity index (χ0) is 13.8. The van der Waals surface area contributed by atoms with Crippen LogP contribution in [0.4, 0.5) is 4.39 Å². The summed E-state index contributed by atoms with van der Waals surface area (Å²) >= 11 is 5.90. The number of ether oxygens (including phenoxy) is 1. The molecule has 1 heterocycles. The van der Waals surface area contributed by atoms with Crippen molar-refractivity contribution >= 4 is 11.6 Å². The first-order chi connectivity index (χ1) is 9.08. The van der Waals surface area contributed by atoms with Gasteiger partial charge in [0.25, 0.3) is 0 Å². The second-order valence-electron chi connectivity index (χ2n) is 4.23. The zero-order valence-corrected chi connectivity index (χ0v) is 11.5. The lowest BCUT2D eigenvalue weighted by Crippen LogP contribution is -1.98. The van der Waals surface area contributed by atoms with Crippen molar-refractivity contribution in [2.45, 2.75) is 26.7 Å². The molecular formula is C14H14ClFN2O. The molecule has 0 fully saturated rings. The molecule has 2 aromatic rings.